The summed E-state index contributed by atoms with van der Waals surface area (Å²) in [5.74, 6) is 1.32. The van der Waals surface area contributed by atoms with Crippen LogP contribution < -0.4 is 5.32 Å². The van der Waals surface area contributed by atoms with Crippen LogP contribution in [0.2, 0.25) is 10.0 Å². The lowest BCUT2D eigenvalue weighted by Crippen LogP contribution is -2.11. The molecule has 0 saturated heterocycles. The van der Waals surface area contributed by atoms with Crippen LogP contribution in [0.5, 0.6) is 0 Å². The summed E-state index contributed by atoms with van der Waals surface area (Å²) in [6, 6.07) is 5.28. The van der Waals surface area contributed by atoms with Crippen LogP contribution >= 0.6 is 23.2 Å². The number of halogens is 2. The van der Waals surface area contributed by atoms with Crippen molar-refractivity contribution in [2.75, 3.05) is 6.54 Å². The van der Waals surface area contributed by atoms with Crippen molar-refractivity contribution in [1.29, 1.82) is 0 Å². The number of hydrogen-bond donors (Lipinski definition) is 1. The largest absolute Gasteiger partial charge is 0.439 e. The highest BCUT2D eigenvalue weighted by Crippen LogP contribution is 2.27. The second kappa shape index (κ2) is 5.54. The van der Waals surface area contributed by atoms with Crippen molar-refractivity contribution in [3.8, 4) is 11.3 Å². The summed E-state index contributed by atoms with van der Waals surface area (Å²) >= 11 is 11.9. The van der Waals surface area contributed by atoms with Crippen molar-refractivity contribution in [2.45, 2.75) is 13.5 Å². The molecule has 0 amide bonds. The normalized spacial score (nSPS) is 10.8. The molecule has 0 saturated carbocycles. The minimum Gasteiger partial charge on any atom is -0.439 e. The van der Waals surface area contributed by atoms with Crippen molar-refractivity contribution < 1.29 is 4.42 Å². The summed E-state index contributed by atoms with van der Waals surface area (Å²) in [6.45, 7) is 3.52. The van der Waals surface area contributed by atoms with Crippen molar-refractivity contribution in [3.63, 3.8) is 0 Å². The van der Waals surface area contributed by atoms with Gasteiger partial charge in [0.2, 0.25) is 5.89 Å². The molecule has 90 valence electrons. The predicted molar refractivity (Wildman–Crippen MR) is 69.3 cm³/mol. The molecule has 0 radical (unpaired) electrons. The van der Waals surface area contributed by atoms with Crippen LogP contribution in [0.15, 0.2) is 28.8 Å². The van der Waals surface area contributed by atoms with E-state index in [2.05, 4.69) is 10.3 Å². The molecule has 0 atom stereocenters. The molecule has 2 rings (SSSR count). The molecule has 0 aliphatic carbocycles. The molecule has 17 heavy (non-hydrogen) atoms. The van der Waals surface area contributed by atoms with Crippen molar-refractivity contribution in [1.82, 2.24) is 10.3 Å². The summed E-state index contributed by atoms with van der Waals surface area (Å²) < 4.78 is 5.59. The fraction of sp³-hybridized carbons (Fsp3) is 0.250. The van der Waals surface area contributed by atoms with E-state index in [4.69, 9.17) is 27.6 Å². The maximum absolute atomic E-state index is 5.93. The van der Waals surface area contributed by atoms with Gasteiger partial charge in [0, 0.05) is 15.6 Å². The maximum Gasteiger partial charge on any atom is 0.208 e. The van der Waals surface area contributed by atoms with Crippen LogP contribution in [0.25, 0.3) is 11.3 Å². The Morgan fingerprint density at radius 3 is 2.59 bits per heavy atom. The van der Waals surface area contributed by atoms with Gasteiger partial charge in [-0.3, -0.25) is 0 Å². The molecule has 2 aromatic rings. The first kappa shape index (κ1) is 12.4. The van der Waals surface area contributed by atoms with Crippen LogP contribution in [0.4, 0.5) is 0 Å². The zero-order chi connectivity index (χ0) is 12.3. The third-order valence-corrected chi connectivity index (χ3v) is 2.66. The molecule has 0 unspecified atom stereocenters. The molecule has 0 aliphatic heterocycles. The minimum absolute atomic E-state index is 0.581. The van der Waals surface area contributed by atoms with Gasteiger partial charge in [-0.1, -0.05) is 30.1 Å². The lowest BCUT2D eigenvalue weighted by atomic mass is 10.2. The van der Waals surface area contributed by atoms with Gasteiger partial charge in [0.15, 0.2) is 5.76 Å². The first-order chi connectivity index (χ1) is 8.19. The molecule has 5 heteroatoms. The average molecular weight is 271 g/mol. The molecule has 0 bridgehead atoms. The Morgan fingerprint density at radius 2 is 1.94 bits per heavy atom. The Labute approximate surface area is 110 Å². The molecular weight excluding hydrogens is 259 g/mol. The van der Waals surface area contributed by atoms with Gasteiger partial charge in [0.05, 0.1) is 12.7 Å². The van der Waals surface area contributed by atoms with Gasteiger partial charge < -0.3 is 9.73 Å². The van der Waals surface area contributed by atoms with Crippen molar-refractivity contribution >= 4 is 23.2 Å². The van der Waals surface area contributed by atoms with Gasteiger partial charge in [0.25, 0.3) is 0 Å². The molecule has 0 fully saturated rings. The van der Waals surface area contributed by atoms with Crippen molar-refractivity contribution in [3.05, 3.63) is 40.3 Å². The molecule has 1 heterocycles. The quantitative estimate of drug-likeness (QED) is 0.920. The Hall–Kier alpha value is -1.03. The molecular formula is C12H12Cl2N2O. The summed E-state index contributed by atoms with van der Waals surface area (Å²) in [7, 11) is 0. The van der Waals surface area contributed by atoms with E-state index in [0.29, 0.717) is 28.2 Å². The highest BCUT2D eigenvalue weighted by atomic mass is 35.5. The van der Waals surface area contributed by atoms with Gasteiger partial charge in [-0.15, -0.1) is 0 Å². The zero-order valence-corrected chi connectivity index (χ0v) is 10.8. The summed E-state index contributed by atoms with van der Waals surface area (Å²) in [4.78, 5) is 4.17. The second-order valence-electron chi connectivity index (χ2n) is 3.56. The highest BCUT2D eigenvalue weighted by molar-refractivity contribution is 6.35. The number of oxazole rings is 1. The fourth-order valence-corrected chi connectivity index (χ4v) is 1.98. The van der Waals surface area contributed by atoms with Crippen LogP contribution in [0, 0.1) is 0 Å². The van der Waals surface area contributed by atoms with E-state index in [1.165, 1.54) is 0 Å². The highest BCUT2D eigenvalue weighted by Gasteiger charge is 2.07. The topological polar surface area (TPSA) is 38.1 Å². The molecule has 1 N–H and O–H groups in total. The Balaban J connectivity index is 2.24. The van der Waals surface area contributed by atoms with E-state index >= 15 is 0 Å². The number of hydrogen-bond acceptors (Lipinski definition) is 3. The number of benzene rings is 1. The van der Waals surface area contributed by atoms with Gasteiger partial charge in [-0.05, 0) is 24.7 Å². The van der Waals surface area contributed by atoms with Crippen molar-refractivity contribution in [2.24, 2.45) is 0 Å². The Kier molecular flexibility index (Phi) is 4.05. The van der Waals surface area contributed by atoms with Gasteiger partial charge in [0.1, 0.15) is 0 Å². The SMILES string of the molecule is CCNCc1ncc(-c2cc(Cl)cc(Cl)c2)o1. The fourth-order valence-electron chi connectivity index (χ4n) is 1.45. The van der Waals surface area contributed by atoms with Gasteiger partial charge >= 0.3 is 0 Å². The molecule has 0 spiro atoms. The lowest BCUT2D eigenvalue weighted by molar-refractivity contribution is 0.482. The number of nitrogens with one attached hydrogen (secondary N) is 1. The lowest BCUT2D eigenvalue weighted by Gasteiger charge is -1.99. The standard InChI is InChI=1S/C12H12Cl2N2O/c1-2-15-7-12-16-6-11(17-12)8-3-9(13)5-10(14)4-8/h3-6,15H,2,7H2,1H3. The van der Waals surface area contributed by atoms with Crippen LogP contribution in [0.1, 0.15) is 12.8 Å². The first-order valence-corrected chi connectivity index (χ1v) is 6.06. The molecule has 0 aliphatic rings. The van der Waals surface area contributed by atoms with Gasteiger partial charge in [-0.2, -0.15) is 0 Å². The van der Waals surface area contributed by atoms with E-state index in [1.807, 2.05) is 6.92 Å². The predicted octanol–water partition coefficient (Wildman–Crippen LogP) is 3.76. The van der Waals surface area contributed by atoms with E-state index in [9.17, 15) is 0 Å². The second-order valence-corrected chi connectivity index (χ2v) is 4.43. The Morgan fingerprint density at radius 1 is 1.24 bits per heavy atom. The summed E-state index contributed by atoms with van der Waals surface area (Å²) in [5, 5.41) is 4.31. The van der Waals surface area contributed by atoms with Crippen LogP contribution in [-0.4, -0.2) is 11.5 Å². The average Bonchev–Trinajstić information content (AvgIpc) is 2.73. The maximum atomic E-state index is 5.93. The zero-order valence-electron chi connectivity index (χ0n) is 9.34. The number of nitrogens with zero attached hydrogens (tertiary/aromatic N) is 1. The summed E-state index contributed by atoms with van der Waals surface area (Å²) in [5.41, 5.74) is 0.831. The molecule has 3 nitrogen and oxygen atoms in total. The van der Waals surface area contributed by atoms with E-state index in [1.54, 1.807) is 24.4 Å². The van der Waals surface area contributed by atoms with Gasteiger partial charge in [-0.25, -0.2) is 4.98 Å². The summed E-state index contributed by atoms with van der Waals surface area (Å²) in [6.07, 6.45) is 1.68. The van der Waals surface area contributed by atoms with Crippen LogP contribution in [0.3, 0.4) is 0 Å². The van der Waals surface area contributed by atoms with E-state index in [-0.39, 0.29) is 0 Å². The molecule has 1 aromatic carbocycles. The minimum atomic E-state index is 0.581. The third kappa shape index (κ3) is 3.22. The smallest absolute Gasteiger partial charge is 0.208 e. The van der Waals surface area contributed by atoms with E-state index in [0.717, 1.165) is 12.1 Å². The monoisotopic (exact) mass is 270 g/mol. The number of rotatable bonds is 4. The van der Waals surface area contributed by atoms with E-state index < -0.39 is 0 Å². The number of aromatic nitrogens is 1. The third-order valence-electron chi connectivity index (χ3n) is 2.23. The van der Waals surface area contributed by atoms with Crippen LogP contribution in [-0.2, 0) is 6.54 Å². The first-order valence-electron chi connectivity index (χ1n) is 5.31. The Bertz CT molecular complexity index is 491. The molecule has 1 aromatic heterocycles.